The second-order valence-corrected chi connectivity index (χ2v) is 5.06. The molecule has 3 rings (SSSR count). The highest BCUT2D eigenvalue weighted by molar-refractivity contribution is 6.30. The summed E-state index contributed by atoms with van der Waals surface area (Å²) in [6, 6.07) is 11.4. The topological polar surface area (TPSA) is 51.0 Å². The number of alkyl halides is 3. The molecule has 2 aromatic carbocycles. The summed E-state index contributed by atoms with van der Waals surface area (Å²) in [4.78, 5) is 0. The van der Waals surface area contributed by atoms with Gasteiger partial charge in [-0.2, -0.15) is 13.2 Å². The molecule has 8 heteroatoms. The van der Waals surface area contributed by atoms with Crippen molar-refractivity contribution in [3.05, 3.63) is 59.1 Å². The number of aromatic nitrogens is 2. The number of rotatable bonds is 3. The summed E-state index contributed by atoms with van der Waals surface area (Å²) in [5.41, 5.74) is 0.318. The summed E-state index contributed by atoms with van der Waals surface area (Å²) < 4.78 is 42.9. The molecular weight excluding hydrogens is 331 g/mol. The van der Waals surface area contributed by atoms with E-state index in [-0.39, 0.29) is 11.9 Å². The predicted molar refractivity (Wildman–Crippen MR) is 79.5 cm³/mol. The first-order valence-electron chi connectivity index (χ1n) is 6.45. The minimum Gasteiger partial charge on any atom is -0.403 e. The third kappa shape index (κ3) is 3.62. The van der Waals surface area contributed by atoms with Crippen LogP contribution in [0.25, 0.3) is 11.5 Å². The van der Waals surface area contributed by atoms with Crippen molar-refractivity contribution in [2.75, 3.05) is 5.32 Å². The van der Waals surface area contributed by atoms with Crippen LogP contribution < -0.4 is 5.32 Å². The van der Waals surface area contributed by atoms with Gasteiger partial charge in [0.05, 0.1) is 5.56 Å². The molecule has 0 spiro atoms. The minimum absolute atomic E-state index is 0.0692. The number of halogens is 4. The van der Waals surface area contributed by atoms with Crippen molar-refractivity contribution in [2.45, 2.75) is 6.18 Å². The van der Waals surface area contributed by atoms with Crippen LogP contribution in [0.5, 0.6) is 0 Å². The zero-order valence-corrected chi connectivity index (χ0v) is 12.2. The van der Waals surface area contributed by atoms with Crippen LogP contribution in [0.3, 0.4) is 0 Å². The number of benzene rings is 2. The Morgan fingerprint density at radius 2 is 1.74 bits per heavy atom. The van der Waals surface area contributed by atoms with Crippen LogP contribution in [0.2, 0.25) is 5.02 Å². The molecule has 4 nitrogen and oxygen atoms in total. The molecule has 1 aromatic heterocycles. The van der Waals surface area contributed by atoms with Crippen LogP contribution in [0, 0.1) is 0 Å². The molecule has 0 amide bonds. The SMILES string of the molecule is FC(F)(F)c1ccc(Nc2nnc(-c3cccc(Cl)c3)o2)cc1. The molecule has 3 aromatic rings. The van der Waals surface area contributed by atoms with Gasteiger partial charge in [-0.15, -0.1) is 5.10 Å². The van der Waals surface area contributed by atoms with E-state index in [1.165, 1.54) is 12.1 Å². The van der Waals surface area contributed by atoms with Gasteiger partial charge in [0.1, 0.15) is 0 Å². The van der Waals surface area contributed by atoms with Crippen molar-refractivity contribution < 1.29 is 17.6 Å². The lowest BCUT2D eigenvalue weighted by molar-refractivity contribution is -0.137. The smallest absolute Gasteiger partial charge is 0.403 e. The minimum atomic E-state index is -4.37. The van der Waals surface area contributed by atoms with Crippen LogP contribution in [0.15, 0.2) is 52.9 Å². The zero-order valence-electron chi connectivity index (χ0n) is 11.4. The zero-order chi connectivity index (χ0) is 16.4. The Morgan fingerprint density at radius 1 is 1.00 bits per heavy atom. The molecule has 118 valence electrons. The molecule has 0 saturated heterocycles. The second-order valence-electron chi connectivity index (χ2n) is 4.62. The molecule has 0 fully saturated rings. The van der Waals surface area contributed by atoms with Crippen molar-refractivity contribution in [2.24, 2.45) is 0 Å². The standard InChI is InChI=1S/C15H9ClF3N3O/c16-11-3-1-2-9(8-11)13-21-22-14(23-13)20-12-6-4-10(5-7-12)15(17,18)19/h1-8H,(H,20,22). The van der Waals surface area contributed by atoms with E-state index < -0.39 is 11.7 Å². The summed E-state index contributed by atoms with van der Waals surface area (Å²) in [6.45, 7) is 0. The van der Waals surface area contributed by atoms with Crippen LogP contribution in [0.1, 0.15) is 5.56 Å². The van der Waals surface area contributed by atoms with E-state index in [0.717, 1.165) is 12.1 Å². The van der Waals surface area contributed by atoms with Gasteiger partial charge >= 0.3 is 12.2 Å². The van der Waals surface area contributed by atoms with Crippen molar-refractivity contribution in [1.29, 1.82) is 0 Å². The summed E-state index contributed by atoms with van der Waals surface area (Å²) in [5.74, 6) is 0.252. The van der Waals surface area contributed by atoms with Crippen molar-refractivity contribution in [3.63, 3.8) is 0 Å². The number of nitrogens with zero attached hydrogens (tertiary/aromatic N) is 2. The van der Waals surface area contributed by atoms with Crippen molar-refractivity contribution >= 4 is 23.3 Å². The molecule has 0 aliphatic rings. The van der Waals surface area contributed by atoms with E-state index in [4.69, 9.17) is 16.0 Å². The monoisotopic (exact) mass is 339 g/mol. The summed E-state index contributed by atoms with van der Waals surface area (Å²) in [5, 5.41) is 10.9. The first-order chi connectivity index (χ1) is 10.9. The number of nitrogens with one attached hydrogen (secondary N) is 1. The van der Waals surface area contributed by atoms with Crippen molar-refractivity contribution in [1.82, 2.24) is 10.2 Å². The number of hydrogen-bond donors (Lipinski definition) is 1. The van der Waals surface area contributed by atoms with Gasteiger partial charge in [-0.25, -0.2) is 0 Å². The average molecular weight is 340 g/mol. The summed E-state index contributed by atoms with van der Waals surface area (Å²) in [7, 11) is 0. The van der Waals surface area contributed by atoms with Gasteiger partial charge in [0.15, 0.2) is 0 Å². The quantitative estimate of drug-likeness (QED) is 0.716. The van der Waals surface area contributed by atoms with Crippen LogP contribution >= 0.6 is 11.6 Å². The van der Waals surface area contributed by atoms with Gasteiger partial charge in [0.25, 0.3) is 0 Å². The van der Waals surface area contributed by atoms with Gasteiger partial charge in [0.2, 0.25) is 5.89 Å². The van der Waals surface area contributed by atoms with E-state index in [1.807, 2.05) is 0 Å². The molecule has 0 saturated carbocycles. The Morgan fingerprint density at radius 3 is 2.39 bits per heavy atom. The van der Waals surface area contributed by atoms with Gasteiger partial charge in [-0.1, -0.05) is 22.8 Å². The Labute approximate surface area is 133 Å². The molecular formula is C15H9ClF3N3O. The normalized spacial score (nSPS) is 11.5. The second kappa shape index (κ2) is 5.92. The lowest BCUT2D eigenvalue weighted by Crippen LogP contribution is -2.04. The van der Waals surface area contributed by atoms with Crippen LogP contribution in [-0.4, -0.2) is 10.2 Å². The third-order valence-electron chi connectivity index (χ3n) is 2.96. The van der Waals surface area contributed by atoms with E-state index in [0.29, 0.717) is 16.3 Å². The first kappa shape index (κ1) is 15.4. The van der Waals surface area contributed by atoms with Gasteiger partial charge in [0, 0.05) is 16.3 Å². The molecule has 0 aliphatic heterocycles. The molecule has 0 radical (unpaired) electrons. The van der Waals surface area contributed by atoms with Crippen LogP contribution in [-0.2, 0) is 6.18 Å². The molecule has 0 aliphatic carbocycles. The van der Waals surface area contributed by atoms with Gasteiger partial charge in [-0.05, 0) is 42.5 Å². The molecule has 1 heterocycles. The molecule has 23 heavy (non-hydrogen) atoms. The Hall–Kier alpha value is -2.54. The Kier molecular flexibility index (Phi) is 3.96. The third-order valence-corrected chi connectivity index (χ3v) is 3.20. The average Bonchev–Trinajstić information content (AvgIpc) is 2.95. The summed E-state index contributed by atoms with van der Waals surface area (Å²) >= 11 is 5.89. The maximum atomic E-state index is 12.5. The lowest BCUT2D eigenvalue weighted by atomic mass is 10.2. The highest BCUT2D eigenvalue weighted by Gasteiger charge is 2.29. The Balaban J connectivity index is 1.77. The number of anilines is 2. The van der Waals surface area contributed by atoms with E-state index in [2.05, 4.69) is 15.5 Å². The fraction of sp³-hybridized carbons (Fsp3) is 0.0667. The molecule has 0 unspecified atom stereocenters. The van der Waals surface area contributed by atoms with E-state index in [1.54, 1.807) is 24.3 Å². The highest BCUT2D eigenvalue weighted by Crippen LogP contribution is 2.30. The number of hydrogen-bond acceptors (Lipinski definition) is 4. The molecule has 0 atom stereocenters. The van der Waals surface area contributed by atoms with Crippen LogP contribution in [0.4, 0.5) is 24.9 Å². The van der Waals surface area contributed by atoms with Crippen molar-refractivity contribution in [3.8, 4) is 11.5 Å². The van der Waals surface area contributed by atoms with E-state index in [9.17, 15) is 13.2 Å². The maximum Gasteiger partial charge on any atom is 0.416 e. The molecule has 0 bridgehead atoms. The Bertz CT molecular complexity index is 815. The maximum absolute atomic E-state index is 12.5. The first-order valence-corrected chi connectivity index (χ1v) is 6.83. The summed E-state index contributed by atoms with van der Waals surface area (Å²) in [6.07, 6.45) is -4.37. The highest BCUT2D eigenvalue weighted by atomic mass is 35.5. The fourth-order valence-electron chi connectivity index (χ4n) is 1.88. The van der Waals surface area contributed by atoms with Gasteiger partial charge in [-0.3, -0.25) is 0 Å². The molecule has 1 N–H and O–H groups in total. The van der Waals surface area contributed by atoms with Gasteiger partial charge < -0.3 is 9.73 Å². The predicted octanol–water partition coefficient (Wildman–Crippen LogP) is 5.15. The lowest BCUT2D eigenvalue weighted by Gasteiger charge is -2.07. The largest absolute Gasteiger partial charge is 0.416 e. The fourth-order valence-corrected chi connectivity index (χ4v) is 2.07. The van der Waals surface area contributed by atoms with E-state index >= 15 is 0 Å².